The quantitative estimate of drug-likeness (QED) is 0.676. The highest BCUT2D eigenvalue weighted by Crippen LogP contribution is 2.04. The predicted molar refractivity (Wildman–Crippen MR) is 55.4 cm³/mol. The third-order valence-corrected chi connectivity index (χ3v) is 1.89. The van der Waals surface area contributed by atoms with E-state index in [1.165, 1.54) is 17.1 Å². The highest BCUT2D eigenvalue weighted by atomic mass is 16.4. The first-order chi connectivity index (χ1) is 7.75. The normalized spacial score (nSPS) is 10.8. The summed E-state index contributed by atoms with van der Waals surface area (Å²) in [6.07, 6.45) is 3.73. The first-order valence-electron chi connectivity index (χ1n) is 4.62. The van der Waals surface area contributed by atoms with Crippen LogP contribution < -0.4 is 5.11 Å². The summed E-state index contributed by atoms with van der Waals surface area (Å²) >= 11 is 0. The zero-order chi connectivity index (χ0) is 11.4. The Morgan fingerprint density at radius 2 is 2.06 bits per heavy atom. The van der Waals surface area contributed by atoms with Crippen LogP contribution >= 0.6 is 0 Å². The number of carbonyl (C=O) groups is 1. The molecule has 0 spiro atoms. The summed E-state index contributed by atoms with van der Waals surface area (Å²) in [5.41, 5.74) is 1.28. The van der Waals surface area contributed by atoms with Crippen LogP contribution in [-0.2, 0) is 4.79 Å². The van der Waals surface area contributed by atoms with Crippen molar-refractivity contribution in [2.75, 3.05) is 0 Å². The van der Waals surface area contributed by atoms with E-state index in [0.29, 0.717) is 5.69 Å². The molecule has 0 saturated carbocycles. The van der Waals surface area contributed by atoms with Crippen molar-refractivity contribution >= 4 is 12.0 Å². The van der Waals surface area contributed by atoms with Crippen molar-refractivity contribution in [1.29, 1.82) is 0 Å². The molecule has 5 heteroatoms. The Kier molecular flexibility index (Phi) is 2.77. The number of benzene rings is 1. The van der Waals surface area contributed by atoms with Gasteiger partial charge in [-0.2, -0.15) is 9.90 Å². The lowest BCUT2D eigenvalue weighted by Gasteiger charge is -1.96. The Labute approximate surface area is 91.6 Å². The number of hydrogen-bond acceptors (Lipinski definition) is 4. The van der Waals surface area contributed by atoms with Gasteiger partial charge in [-0.25, -0.2) is 0 Å². The lowest BCUT2D eigenvalue weighted by Crippen LogP contribution is -2.18. The average Bonchev–Trinajstić information content (AvgIpc) is 2.76. The predicted octanol–water partition coefficient (Wildman–Crippen LogP) is 0.0304. The summed E-state index contributed by atoms with van der Waals surface area (Å²) in [7, 11) is 0. The molecule has 1 aromatic heterocycles. The second kappa shape index (κ2) is 4.39. The Bertz CT molecular complexity index is 517. The molecule has 1 heterocycles. The van der Waals surface area contributed by atoms with Gasteiger partial charge in [0.15, 0.2) is 0 Å². The standard InChI is InChI=1S/C11H9N3O2/c15-11(16)7-6-9-8-12-14(13-9)10-4-2-1-3-5-10/h1-8H,(H,15,16)/p-1/b7-6+. The molecule has 16 heavy (non-hydrogen) atoms. The van der Waals surface area contributed by atoms with Crippen LogP contribution in [-0.4, -0.2) is 21.0 Å². The maximum absolute atomic E-state index is 10.2. The van der Waals surface area contributed by atoms with Crippen LogP contribution in [0.25, 0.3) is 11.8 Å². The zero-order valence-corrected chi connectivity index (χ0v) is 8.28. The van der Waals surface area contributed by atoms with Crippen LogP contribution in [0.4, 0.5) is 0 Å². The van der Waals surface area contributed by atoms with Crippen molar-refractivity contribution in [3.8, 4) is 5.69 Å². The summed E-state index contributed by atoms with van der Waals surface area (Å²) in [6.45, 7) is 0. The maximum atomic E-state index is 10.2. The Morgan fingerprint density at radius 1 is 1.31 bits per heavy atom. The maximum Gasteiger partial charge on any atom is 0.106 e. The van der Waals surface area contributed by atoms with E-state index >= 15 is 0 Å². The van der Waals surface area contributed by atoms with E-state index in [4.69, 9.17) is 0 Å². The molecule has 0 aliphatic heterocycles. The molecule has 0 aliphatic carbocycles. The third-order valence-electron chi connectivity index (χ3n) is 1.89. The fourth-order valence-electron chi connectivity index (χ4n) is 1.19. The van der Waals surface area contributed by atoms with Crippen LogP contribution in [0.5, 0.6) is 0 Å². The highest BCUT2D eigenvalue weighted by Gasteiger charge is 1.98. The number of para-hydroxylation sites is 1. The number of aliphatic carboxylic acids is 1. The Balaban J connectivity index is 2.23. The first kappa shape index (κ1) is 10.1. The number of aromatic nitrogens is 3. The number of nitrogens with zero attached hydrogens (tertiary/aromatic N) is 3. The molecule has 2 aromatic rings. The Hall–Kier alpha value is -2.43. The third kappa shape index (κ3) is 2.33. The monoisotopic (exact) mass is 214 g/mol. The summed E-state index contributed by atoms with van der Waals surface area (Å²) < 4.78 is 0. The molecule has 1 aromatic carbocycles. The topological polar surface area (TPSA) is 70.8 Å². The van der Waals surface area contributed by atoms with E-state index in [-0.39, 0.29) is 0 Å². The molecule has 80 valence electrons. The molecule has 0 radical (unpaired) electrons. The van der Waals surface area contributed by atoms with E-state index in [9.17, 15) is 9.90 Å². The van der Waals surface area contributed by atoms with Crippen LogP contribution in [0.2, 0.25) is 0 Å². The smallest absolute Gasteiger partial charge is 0.106 e. The van der Waals surface area contributed by atoms with Crippen molar-refractivity contribution in [1.82, 2.24) is 15.0 Å². The van der Waals surface area contributed by atoms with E-state index in [1.807, 2.05) is 30.3 Å². The molecule has 0 aliphatic rings. The number of carboxylic acids is 1. The number of carboxylic acid groups (broad SMARTS) is 1. The van der Waals surface area contributed by atoms with Gasteiger partial charge in [-0.15, -0.1) is 5.10 Å². The molecule has 0 bridgehead atoms. The van der Waals surface area contributed by atoms with Crippen LogP contribution in [0.15, 0.2) is 42.6 Å². The van der Waals surface area contributed by atoms with Gasteiger partial charge in [0.05, 0.1) is 17.9 Å². The molecule has 0 unspecified atom stereocenters. The van der Waals surface area contributed by atoms with Gasteiger partial charge in [0.1, 0.15) is 5.69 Å². The fourth-order valence-corrected chi connectivity index (χ4v) is 1.19. The Morgan fingerprint density at radius 3 is 2.75 bits per heavy atom. The van der Waals surface area contributed by atoms with E-state index in [1.54, 1.807) is 0 Å². The molecule has 2 rings (SSSR count). The second-order valence-electron chi connectivity index (χ2n) is 3.05. The van der Waals surface area contributed by atoms with Gasteiger partial charge in [0.25, 0.3) is 0 Å². The molecule has 0 fully saturated rings. The van der Waals surface area contributed by atoms with Crippen molar-refractivity contribution < 1.29 is 9.90 Å². The van der Waals surface area contributed by atoms with Crippen LogP contribution in [0.1, 0.15) is 5.69 Å². The summed E-state index contributed by atoms with van der Waals surface area (Å²) in [4.78, 5) is 11.6. The van der Waals surface area contributed by atoms with Crippen molar-refractivity contribution in [3.63, 3.8) is 0 Å². The minimum Gasteiger partial charge on any atom is -0.545 e. The summed E-state index contributed by atoms with van der Waals surface area (Å²) in [5, 5.41) is 18.3. The van der Waals surface area contributed by atoms with Gasteiger partial charge in [-0.05, 0) is 24.3 Å². The molecule has 0 atom stereocenters. The average molecular weight is 214 g/mol. The lowest BCUT2D eigenvalue weighted by molar-refractivity contribution is -0.297. The SMILES string of the molecule is O=C([O-])/C=C/c1cnn(-c2ccccc2)n1. The van der Waals surface area contributed by atoms with Crippen molar-refractivity contribution in [3.05, 3.63) is 48.3 Å². The fraction of sp³-hybridized carbons (Fsp3) is 0. The molecule has 0 saturated heterocycles. The summed E-state index contributed by atoms with van der Waals surface area (Å²) in [6, 6.07) is 9.34. The first-order valence-corrected chi connectivity index (χ1v) is 4.62. The van der Waals surface area contributed by atoms with Gasteiger partial charge in [0.2, 0.25) is 0 Å². The molecular weight excluding hydrogens is 206 g/mol. The second-order valence-corrected chi connectivity index (χ2v) is 3.05. The van der Waals surface area contributed by atoms with Gasteiger partial charge in [-0.1, -0.05) is 18.2 Å². The van der Waals surface area contributed by atoms with Crippen molar-refractivity contribution in [2.24, 2.45) is 0 Å². The van der Waals surface area contributed by atoms with E-state index in [2.05, 4.69) is 10.2 Å². The number of hydrogen-bond donors (Lipinski definition) is 0. The van der Waals surface area contributed by atoms with E-state index in [0.717, 1.165) is 11.8 Å². The zero-order valence-electron chi connectivity index (χ0n) is 8.28. The van der Waals surface area contributed by atoms with Gasteiger partial charge in [-0.3, -0.25) is 0 Å². The molecule has 5 nitrogen and oxygen atoms in total. The number of carbonyl (C=O) groups excluding carboxylic acids is 1. The summed E-state index contributed by atoms with van der Waals surface area (Å²) in [5.74, 6) is -1.26. The van der Waals surface area contributed by atoms with Gasteiger partial charge in [0, 0.05) is 0 Å². The van der Waals surface area contributed by atoms with E-state index < -0.39 is 5.97 Å². The lowest BCUT2D eigenvalue weighted by atomic mass is 10.3. The van der Waals surface area contributed by atoms with Crippen molar-refractivity contribution in [2.45, 2.75) is 0 Å². The minimum atomic E-state index is -1.26. The van der Waals surface area contributed by atoms with Gasteiger partial charge >= 0.3 is 0 Å². The van der Waals surface area contributed by atoms with Gasteiger partial charge < -0.3 is 9.90 Å². The largest absolute Gasteiger partial charge is 0.545 e. The van der Waals surface area contributed by atoms with Crippen LogP contribution in [0, 0.1) is 0 Å². The number of rotatable bonds is 3. The molecule has 0 amide bonds. The van der Waals surface area contributed by atoms with Crippen LogP contribution in [0.3, 0.4) is 0 Å². The molecular formula is C11H8N3O2-. The highest BCUT2D eigenvalue weighted by molar-refractivity contribution is 5.82. The molecule has 0 N–H and O–H groups in total. The minimum absolute atomic E-state index is 0.466.